The van der Waals surface area contributed by atoms with E-state index in [1.165, 1.54) is 0 Å². The number of hydrogen-bond donors (Lipinski definition) is 1. The van der Waals surface area contributed by atoms with Crippen molar-refractivity contribution < 1.29 is 23.9 Å². The smallest absolute Gasteiger partial charge is 0.238 e. The number of ketones is 2. The van der Waals surface area contributed by atoms with Crippen LogP contribution in [-0.4, -0.2) is 42.1 Å². The van der Waals surface area contributed by atoms with Gasteiger partial charge in [-0.25, -0.2) is 0 Å². The molecule has 4 aromatic rings. The van der Waals surface area contributed by atoms with Crippen LogP contribution in [0.25, 0.3) is 6.08 Å². The molecule has 4 aromatic carbocycles. The van der Waals surface area contributed by atoms with Gasteiger partial charge in [0.05, 0.1) is 31.2 Å². The van der Waals surface area contributed by atoms with Gasteiger partial charge in [-0.15, -0.1) is 0 Å². The first kappa shape index (κ1) is 26.7. The van der Waals surface area contributed by atoms with Crippen molar-refractivity contribution in [3.05, 3.63) is 131 Å². The fourth-order valence-corrected chi connectivity index (χ4v) is 7.23. The zero-order valence-corrected chi connectivity index (χ0v) is 23.8. The van der Waals surface area contributed by atoms with E-state index in [0.717, 1.165) is 11.1 Å². The summed E-state index contributed by atoms with van der Waals surface area (Å²) < 4.78 is 11.3. The van der Waals surface area contributed by atoms with Gasteiger partial charge < -0.3 is 19.7 Å². The molecule has 3 heterocycles. The molecule has 3 aliphatic rings. The van der Waals surface area contributed by atoms with Gasteiger partial charge in [0.25, 0.3) is 0 Å². The van der Waals surface area contributed by atoms with Gasteiger partial charge in [-0.05, 0) is 60.0 Å². The van der Waals surface area contributed by atoms with Crippen molar-refractivity contribution >= 4 is 29.2 Å². The highest BCUT2D eigenvalue weighted by Crippen LogP contribution is 2.62. The number of carbonyl (C=O) groups is 3. The maximum absolute atomic E-state index is 15.1. The second-order valence-electron chi connectivity index (χ2n) is 11.0. The Balaban J connectivity index is 1.54. The van der Waals surface area contributed by atoms with Crippen LogP contribution in [0.15, 0.2) is 103 Å². The summed E-state index contributed by atoms with van der Waals surface area (Å²) in [6.45, 7) is 2.22. The highest BCUT2D eigenvalue weighted by Gasteiger charge is 2.70. The molecular weight excluding hydrogens is 540 g/mol. The third-order valence-corrected chi connectivity index (χ3v) is 8.93. The average Bonchev–Trinajstić information content (AvgIpc) is 3.53. The summed E-state index contributed by atoms with van der Waals surface area (Å²) in [6, 6.07) is 27.7. The van der Waals surface area contributed by atoms with E-state index >= 15 is 4.79 Å². The van der Waals surface area contributed by atoms with Crippen molar-refractivity contribution in [3.8, 4) is 11.5 Å². The van der Waals surface area contributed by atoms with Gasteiger partial charge in [0.15, 0.2) is 11.6 Å². The average molecular weight is 571 g/mol. The predicted molar refractivity (Wildman–Crippen MR) is 163 cm³/mol. The molecule has 7 rings (SSSR count). The van der Waals surface area contributed by atoms with Crippen LogP contribution >= 0.6 is 0 Å². The summed E-state index contributed by atoms with van der Waals surface area (Å²) in [4.78, 5) is 46.4. The van der Waals surface area contributed by atoms with Crippen molar-refractivity contribution in [2.45, 2.75) is 24.4 Å². The molecule has 7 heteroatoms. The molecule has 0 bridgehead atoms. The van der Waals surface area contributed by atoms with Crippen LogP contribution in [0.3, 0.4) is 0 Å². The number of hydrogen-bond acceptors (Lipinski definition) is 6. The van der Waals surface area contributed by atoms with E-state index in [1.54, 1.807) is 49.6 Å². The van der Waals surface area contributed by atoms with E-state index in [-0.39, 0.29) is 17.5 Å². The Hall–Kier alpha value is -5.17. The van der Waals surface area contributed by atoms with Crippen LogP contribution < -0.4 is 14.8 Å². The number of ether oxygens (including phenoxy) is 2. The fraction of sp³-hybridized carbons (Fsp3) is 0.194. The Bertz CT molecular complexity index is 1810. The maximum atomic E-state index is 15.1. The largest absolute Gasteiger partial charge is 0.497 e. The summed E-state index contributed by atoms with van der Waals surface area (Å²) in [7, 11) is 1.55. The number of fused-ring (bicyclic) bond motifs is 6. The minimum Gasteiger partial charge on any atom is -0.497 e. The van der Waals surface area contributed by atoms with Crippen LogP contribution in [-0.2, 0) is 10.2 Å². The number of carbonyl (C=O) groups excluding carboxylic acids is 3. The lowest BCUT2D eigenvalue weighted by molar-refractivity contribution is -0.122. The molecule has 1 N–H and O–H groups in total. The van der Waals surface area contributed by atoms with Crippen molar-refractivity contribution in [2.75, 3.05) is 19.0 Å². The minimum atomic E-state index is -1.41. The van der Waals surface area contributed by atoms with Crippen LogP contribution in [0.4, 0.5) is 5.69 Å². The normalized spacial score (nSPS) is 22.9. The Kier molecular flexibility index (Phi) is 6.38. The van der Waals surface area contributed by atoms with Gasteiger partial charge in [-0.2, -0.15) is 0 Å². The Labute approximate surface area is 249 Å². The third kappa shape index (κ3) is 3.84. The molecule has 7 nitrogen and oxygen atoms in total. The molecule has 214 valence electrons. The monoisotopic (exact) mass is 570 g/mol. The van der Waals surface area contributed by atoms with Gasteiger partial charge >= 0.3 is 0 Å². The topological polar surface area (TPSA) is 84.9 Å². The van der Waals surface area contributed by atoms with Crippen molar-refractivity contribution in [2.24, 2.45) is 5.92 Å². The SMILES string of the molecule is CCOc1ccccc1C(=O)[C@@H]1[C@@H](C(=O)c2cccc(OC)c2)N2C=Cc3ccccc3[C@@H]2[C@]12C(=O)Nc1ccccc12. The molecule has 43 heavy (non-hydrogen) atoms. The number of nitrogens with zero attached hydrogens (tertiary/aromatic N) is 1. The quantitative estimate of drug-likeness (QED) is 0.271. The summed E-state index contributed by atoms with van der Waals surface area (Å²) >= 11 is 0. The Morgan fingerprint density at radius 2 is 1.67 bits per heavy atom. The lowest BCUT2D eigenvalue weighted by atomic mass is 9.62. The number of para-hydroxylation sites is 2. The predicted octanol–water partition coefficient (Wildman–Crippen LogP) is 6.08. The van der Waals surface area contributed by atoms with Gasteiger partial charge in [-0.3, -0.25) is 14.4 Å². The van der Waals surface area contributed by atoms with Crippen LogP contribution in [0, 0.1) is 5.92 Å². The van der Waals surface area contributed by atoms with E-state index in [9.17, 15) is 9.59 Å². The van der Waals surface area contributed by atoms with Gasteiger partial charge in [0, 0.05) is 17.5 Å². The first-order valence-electron chi connectivity index (χ1n) is 14.4. The van der Waals surface area contributed by atoms with E-state index in [2.05, 4.69) is 5.32 Å². The number of nitrogens with one attached hydrogen (secondary N) is 1. The summed E-state index contributed by atoms with van der Waals surface area (Å²) in [5, 5.41) is 3.08. The van der Waals surface area contributed by atoms with Crippen LogP contribution in [0.5, 0.6) is 11.5 Å². The second-order valence-corrected chi connectivity index (χ2v) is 11.0. The maximum Gasteiger partial charge on any atom is 0.238 e. The zero-order chi connectivity index (χ0) is 29.7. The molecule has 0 aliphatic carbocycles. The number of anilines is 1. The van der Waals surface area contributed by atoms with E-state index in [1.807, 2.05) is 78.7 Å². The Morgan fingerprint density at radius 3 is 2.51 bits per heavy atom. The van der Waals surface area contributed by atoms with Crippen molar-refractivity contribution in [3.63, 3.8) is 0 Å². The van der Waals surface area contributed by atoms with E-state index < -0.39 is 23.4 Å². The molecule has 0 unspecified atom stereocenters. The summed E-state index contributed by atoms with van der Waals surface area (Å²) in [5.41, 5.74) is 2.50. The summed E-state index contributed by atoms with van der Waals surface area (Å²) in [5.74, 6) is -1.03. The van der Waals surface area contributed by atoms with Crippen molar-refractivity contribution in [1.29, 1.82) is 0 Å². The molecule has 1 fully saturated rings. The molecule has 1 amide bonds. The molecule has 0 saturated carbocycles. The first-order chi connectivity index (χ1) is 21.0. The highest BCUT2D eigenvalue weighted by atomic mass is 16.5. The highest BCUT2D eigenvalue weighted by molar-refractivity contribution is 6.17. The zero-order valence-electron chi connectivity index (χ0n) is 23.8. The van der Waals surface area contributed by atoms with Gasteiger partial charge in [0.1, 0.15) is 23.0 Å². The van der Waals surface area contributed by atoms with Crippen LogP contribution in [0.1, 0.15) is 50.4 Å². The number of benzene rings is 4. The Morgan fingerprint density at radius 1 is 0.907 bits per heavy atom. The lowest BCUT2D eigenvalue weighted by Crippen LogP contribution is -2.49. The number of rotatable bonds is 7. The molecule has 1 saturated heterocycles. The van der Waals surface area contributed by atoms with Crippen molar-refractivity contribution in [1.82, 2.24) is 4.90 Å². The molecular formula is C36H30N2O5. The summed E-state index contributed by atoms with van der Waals surface area (Å²) in [6.07, 6.45) is 3.82. The second kappa shape index (κ2) is 10.3. The number of amides is 1. The number of Topliss-reactive ketones (excluding diaryl/α,β-unsaturated/α-hetero) is 2. The fourth-order valence-electron chi connectivity index (χ4n) is 7.23. The lowest BCUT2D eigenvalue weighted by Gasteiger charge is -2.38. The molecule has 0 radical (unpaired) electrons. The first-order valence-corrected chi connectivity index (χ1v) is 14.4. The molecule has 4 atom stereocenters. The van der Waals surface area contributed by atoms with Crippen LogP contribution in [0.2, 0.25) is 0 Å². The third-order valence-electron chi connectivity index (χ3n) is 8.93. The minimum absolute atomic E-state index is 0.269. The molecule has 3 aliphatic heterocycles. The van der Waals surface area contributed by atoms with Gasteiger partial charge in [-0.1, -0.05) is 66.7 Å². The van der Waals surface area contributed by atoms with Gasteiger partial charge in [0.2, 0.25) is 5.91 Å². The molecule has 1 spiro atoms. The number of methoxy groups -OCH3 is 1. The molecule has 0 aromatic heterocycles. The van der Waals surface area contributed by atoms with E-state index in [0.29, 0.717) is 40.5 Å². The van der Waals surface area contributed by atoms with E-state index in [4.69, 9.17) is 9.47 Å². The standard InChI is InChI=1S/C36H30N2O5/c1-3-43-29-18-9-6-15-26(29)33(40)30-31(32(39)23-12-10-13-24(21-23)42-2)38-20-19-22-11-4-5-14-25(22)34(38)36(30)27-16-7-8-17-28(27)37-35(36)41/h4-21,30-31,34H,3H2,1-2H3,(H,37,41)/t30-,31-,34+,36+/m0/s1.